The number of halogens is 1. The predicted molar refractivity (Wildman–Crippen MR) is 94.2 cm³/mol. The van der Waals surface area contributed by atoms with Gasteiger partial charge in [0, 0.05) is 23.2 Å². The molecule has 0 spiro atoms. The third kappa shape index (κ3) is 3.76. The summed E-state index contributed by atoms with van der Waals surface area (Å²) in [4.78, 5) is 23.9. The lowest BCUT2D eigenvalue weighted by atomic mass is 9.86. The molecule has 1 fully saturated rings. The molecular formula is C18H18BrNO4. The Hall–Kier alpha value is -1.92. The molecule has 5 nitrogen and oxygen atoms in total. The summed E-state index contributed by atoms with van der Waals surface area (Å²) in [5.41, 5.74) is -0.211. The number of carbonyl (C=O) groups is 2. The summed E-state index contributed by atoms with van der Waals surface area (Å²) in [6.07, 6.45) is 0.916. The van der Waals surface area contributed by atoms with E-state index in [0.29, 0.717) is 31.6 Å². The Kier molecular flexibility index (Phi) is 4.87. The first-order chi connectivity index (χ1) is 11.5. The Morgan fingerprint density at radius 2 is 1.79 bits per heavy atom. The van der Waals surface area contributed by atoms with Gasteiger partial charge in [0.2, 0.25) is 0 Å². The van der Waals surface area contributed by atoms with Crippen molar-refractivity contribution in [3.8, 4) is 0 Å². The first-order valence-corrected chi connectivity index (χ1v) is 8.58. The minimum atomic E-state index is -0.916. The van der Waals surface area contributed by atoms with E-state index in [9.17, 15) is 14.7 Å². The molecule has 3 rings (SSSR count). The molecule has 6 heteroatoms. The normalized spacial score (nSPS) is 16.7. The number of amides is 1. The minimum absolute atomic E-state index is 0.0946. The molecule has 1 aliphatic rings. The highest BCUT2D eigenvalue weighted by Gasteiger charge is 2.36. The lowest BCUT2D eigenvalue weighted by Crippen LogP contribution is -2.53. The second kappa shape index (κ2) is 6.91. The van der Waals surface area contributed by atoms with Gasteiger partial charge in [-0.3, -0.25) is 9.59 Å². The van der Waals surface area contributed by atoms with E-state index in [4.69, 9.17) is 4.74 Å². The van der Waals surface area contributed by atoms with Gasteiger partial charge in [-0.2, -0.15) is 0 Å². The third-order valence-electron chi connectivity index (χ3n) is 4.38. The summed E-state index contributed by atoms with van der Waals surface area (Å²) in [7, 11) is 0. The van der Waals surface area contributed by atoms with Crippen LogP contribution in [0.15, 0.2) is 40.9 Å². The maximum absolute atomic E-state index is 12.7. The molecule has 0 aliphatic carbocycles. The van der Waals surface area contributed by atoms with E-state index in [0.717, 1.165) is 15.2 Å². The molecule has 0 radical (unpaired) electrons. The second-order valence-corrected chi connectivity index (χ2v) is 7.04. The number of benzene rings is 2. The summed E-state index contributed by atoms with van der Waals surface area (Å²) in [6.45, 7) is 0.915. The number of aliphatic carboxylic acids is 1. The molecule has 1 saturated heterocycles. The highest BCUT2D eigenvalue weighted by atomic mass is 79.9. The van der Waals surface area contributed by atoms with Crippen molar-refractivity contribution in [2.45, 2.75) is 24.8 Å². The zero-order chi connectivity index (χ0) is 17.2. The predicted octanol–water partition coefficient (Wildman–Crippen LogP) is 3.36. The molecule has 2 N–H and O–H groups in total. The van der Waals surface area contributed by atoms with Crippen LogP contribution in [0.25, 0.3) is 10.8 Å². The minimum Gasteiger partial charge on any atom is -0.481 e. The fraction of sp³-hybridized carbons (Fsp3) is 0.333. The Balaban J connectivity index is 1.84. The maximum Gasteiger partial charge on any atom is 0.305 e. The fourth-order valence-electron chi connectivity index (χ4n) is 3.07. The van der Waals surface area contributed by atoms with Crippen LogP contribution in [0.5, 0.6) is 0 Å². The lowest BCUT2D eigenvalue weighted by Gasteiger charge is -2.36. The number of carbonyl (C=O) groups excluding carboxylic acids is 1. The second-order valence-electron chi connectivity index (χ2n) is 6.12. The van der Waals surface area contributed by atoms with Crippen LogP contribution >= 0.6 is 15.9 Å². The van der Waals surface area contributed by atoms with Crippen LogP contribution in [0.3, 0.4) is 0 Å². The van der Waals surface area contributed by atoms with Crippen LogP contribution in [0.1, 0.15) is 29.6 Å². The fourth-order valence-corrected chi connectivity index (χ4v) is 3.45. The molecule has 1 aliphatic heterocycles. The molecule has 0 saturated carbocycles. The number of nitrogens with one attached hydrogen (secondary N) is 1. The number of ether oxygens (including phenoxy) is 1. The third-order valence-corrected chi connectivity index (χ3v) is 4.88. The molecule has 2 aromatic rings. The van der Waals surface area contributed by atoms with Gasteiger partial charge in [-0.25, -0.2) is 0 Å². The summed E-state index contributed by atoms with van der Waals surface area (Å²) >= 11 is 3.43. The summed E-state index contributed by atoms with van der Waals surface area (Å²) < 4.78 is 6.30. The number of rotatable bonds is 4. The van der Waals surface area contributed by atoms with Crippen molar-refractivity contribution in [2.75, 3.05) is 13.2 Å². The monoisotopic (exact) mass is 391 g/mol. The Morgan fingerprint density at radius 3 is 2.50 bits per heavy atom. The molecule has 0 aromatic heterocycles. The number of hydrogen-bond donors (Lipinski definition) is 2. The highest BCUT2D eigenvalue weighted by Crippen LogP contribution is 2.26. The van der Waals surface area contributed by atoms with Gasteiger partial charge in [-0.15, -0.1) is 0 Å². The average Bonchev–Trinajstić information content (AvgIpc) is 2.54. The smallest absolute Gasteiger partial charge is 0.305 e. The molecule has 1 amide bonds. The van der Waals surface area contributed by atoms with Gasteiger partial charge in [-0.05, 0) is 47.9 Å². The SMILES string of the molecule is O=C(O)CC1(NC(=O)c2ccc3cc(Br)ccc3c2)CCOCC1. The van der Waals surface area contributed by atoms with Crippen molar-refractivity contribution in [3.63, 3.8) is 0 Å². The topological polar surface area (TPSA) is 75.6 Å². The number of carboxylic acid groups (broad SMARTS) is 1. The van der Waals surface area contributed by atoms with E-state index in [1.54, 1.807) is 6.07 Å². The van der Waals surface area contributed by atoms with Gasteiger partial charge in [-0.1, -0.05) is 28.1 Å². The van der Waals surface area contributed by atoms with Gasteiger partial charge < -0.3 is 15.2 Å². The molecular weight excluding hydrogens is 374 g/mol. The molecule has 24 heavy (non-hydrogen) atoms. The summed E-state index contributed by atoms with van der Waals surface area (Å²) in [5.74, 6) is -1.16. The van der Waals surface area contributed by atoms with Crippen LogP contribution in [-0.4, -0.2) is 35.7 Å². The van der Waals surface area contributed by atoms with Crippen molar-refractivity contribution in [3.05, 3.63) is 46.4 Å². The van der Waals surface area contributed by atoms with Crippen molar-refractivity contribution >= 4 is 38.6 Å². The highest BCUT2D eigenvalue weighted by molar-refractivity contribution is 9.10. The van der Waals surface area contributed by atoms with E-state index in [-0.39, 0.29) is 12.3 Å². The van der Waals surface area contributed by atoms with Crippen LogP contribution in [-0.2, 0) is 9.53 Å². The van der Waals surface area contributed by atoms with Crippen molar-refractivity contribution < 1.29 is 19.4 Å². The molecule has 0 unspecified atom stereocenters. The van der Waals surface area contributed by atoms with Crippen LogP contribution in [0, 0.1) is 0 Å². The zero-order valence-electron chi connectivity index (χ0n) is 13.0. The van der Waals surface area contributed by atoms with Crippen molar-refractivity contribution in [1.29, 1.82) is 0 Å². The first-order valence-electron chi connectivity index (χ1n) is 7.79. The Morgan fingerprint density at radius 1 is 1.12 bits per heavy atom. The summed E-state index contributed by atoms with van der Waals surface area (Å²) in [6, 6.07) is 11.3. The maximum atomic E-state index is 12.7. The molecule has 2 aromatic carbocycles. The van der Waals surface area contributed by atoms with Gasteiger partial charge in [0.05, 0.1) is 12.0 Å². The summed E-state index contributed by atoms with van der Waals surface area (Å²) in [5, 5.41) is 14.1. The number of carboxylic acids is 1. The molecule has 0 bridgehead atoms. The van der Waals surface area contributed by atoms with E-state index < -0.39 is 11.5 Å². The lowest BCUT2D eigenvalue weighted by molar-refractivity contribution is -0.139. The van der Waals surface area contributed by atoms with Gasteiger partial charge in [0.1, 0.15) is 0 Å². The van der Waals surface area contributed by atoms with E-state index >= 15 is 0 Å². The van der Waals surface area contributed by atoms with Crippen LogP contribution in [0.2, 0.25) is 0 Å². The average molecular weight is 392 g/mol. The van der Waals surface area contributed by atoms with E-state index in [1.807, 2.05) is 30.3 Å². The first kappa shape index (κ1) is 16.9. The van der Waals surface area contributed by atoms with Crippen LogP contribution in [0.4, 0.5) is 0 Å². The standard InChI is InChI=1S/C18H18BrNO4/c19-15-4-3-12-9-14(2-1-13(12)10-15)17(23)20-18(11-16(21)22)5-7-24-8-6-18/h1-4,9-10H,5-8,11H2,(H,20,23)(H,21,22). The number of hydrogen-bond acceptors (Lipinski definition) is 3. The van der Waals surface area contributed by atoms with E-state index in [1.165, 1.54) is 0 Å². The zero-order valence-corrected chi connectivity index (χ0v) is 14.6. The Bertz CT molecular complexity index is 784. The van der Waals surface area contributed by atoms with Crippen molar-refractivity contribution in [2.24, 2.45) is 0 Å². The quantitative estimate of drug-likeness (QED) is 0.837. The molecule has 0 atom stereocenters. The Labute approximate surface area is 148 Å². The molecule has 1 heterocycles. The number of fused-ring (bicyclic) bond motifs is 1. The van der Waals surface area contributed by atoms with E-state index in [2.05, 4.69) is 21.2 Å². The molecule has 126 valence electrons. The van der Waals surface area contributed by atoms with Gasteiger partial charge in [0.25, 0.3) is 5.91 Å². The largest absolute Gasteiger partial charge is 0.481 e. The van der Waals surface area contributed by atoms with Gasteiger partial charge in [0.15, 0.2) is 0 Å². The van der Waals surface area contributed by atoms with Crippen LogP contribution < -0.4 is 5.32 Å². The van der Waals surface area contributed by atoms with Crippen molar-refractivity contribution in [1.82, 2.24) is 5.32 Å². The van der Waals surface area contributed by atoms with Gasteiger partial charge >= 0.3 is 5.97 Å².